The van der Waals surface area contributed by atoms with E-state index in [0.717, 1.165) is 11.3 Å². The van der Waals surface area contributed by atoms with Crippen molar-refractivity contribution >= 4 is 17.6 Å². The van der Waals surface area contributed by atoms with Gasteiger partial charge in [-0.2, -0.15) is 0 Å². The number of hydrogen-bond acceptors (Lipinski definition) is 2. The highest BCUT2D eigenvalue weighted by atomic mass is 16.2. The second-order valence-corrected chi connectivity index (χ2v) is 6.52. The van der Waals surface area contributed by atoms with E-state index in [-0.39, 0.29) is 11.8 Å². The number of nitrogens with one attached hydrogen (secondary N) is 2. The van der Waals surface area contributed by atoms with Crippen molar-refractivity contribution in [2.75, 3.05) is 11.9 Å². The lowest BCUT2D eigenvalue weighted by Crippen LogP contribution is -2.40. The number of anilines is 1. The Labute approximate surface area is 137 Å². The third-order valence-electron chi connectivity index (χ3n) is 4.82. The van der Waals surface area contributed by atoms with Crippen LogP contribution in [0, 0.1) is 0 Å². The van der Waals surface area contributed by atoms with Crippen LogP contribution in [-0.2, 0) is 4.79 Å². The van der Waals surface area contributed by atoms with Crippen molar-refractivity contribution in [1.82, 2.24) is 5.32 Å². The summed E-state index contributed by atoms with van der Waals surface area (Å²) in [5, 5.41) is 6.27. The van der Waals surface area contributed by atoms with Gasteiger partial charge in [0.25, 0.3) is 0 Å². The highest BCUT2D eigenvalue weighted by Gasteiger charge is 2.29. The fourth-order valence-corrected chi connectivity index (χ4v) is 3.55. The molecule has 124 valence electrons. The maximum Gasteiger partial charge on any atom is 0.232 e. The van der Waals surface area contributed by atoms with Crippen molar-refractivity contribution in [3.05, 3.63) is 29.8 Å². The summed E-state index contributed by atoms with van der Waals surface area (Å²) in [4.78, 5) is 16.5. The third kappa shape index (κ3) is 4.03. The molecule has 5 heteroatoms. The van der Waals surface area contributed by atoms with Gasteiger partial charge in [-0.1, -0.05) is 43.9 Å². The number of benzene rings is 1. The number of amides is 1. The number of para-hydroxylation sites is 1. The summed E-state index contributed by atoms with van der Waals surface area (Å²) >= 11 is 0. The largest absolute Gasteiger partial charge is 0.370 e. The number of carbonyl (C=O) groups excluding carboxylic acids is 1. The van der Waals surface area contributed by atoms with E-state index in [0.29, 0.717) is 25.0 Å². The maximum absolute atomic E-state index is 12.1. The zero-order valence-corrected chi connectivity index (χ0v) is 13.6. The average molecular weight is 314 g/mol. The summed E-state index contributed by atoms with van der Waals surface area (Å²) in [5.74, 6) is 0.473. The Bertz CT molecular complexity index is 576. The van der Waals surface area contributed by atoms with Crippen LogP contribution < -0.4 is 16.4 Å². The van der Waals surface area contributed by atoms with Gasteiger partial charge in [-0.15, -0.1) is 0 Å². The van der Waals surface area contributed by atoms with Crippen LogP contribution in [-0.4, -0.2) is 24.5 Å². The summed E-state index contributed by atoms with van der Waals surface area (Å²) in [6.45, 7) is 0.567. The molecule has 0 spiro atoms. The van der Waals surface area contributed by atoms with Crippen LogP contribution in [0.2, 0.25) is 0 Å². The molecule has 2 aliphatic rings. The van der Waals surface area contributed by atoms with Gasteiger partial charge in [-0.3, -0.25) is 9.79 Å². The first-order valence-electron chi connectivity index (χ1n) is 8.70. The molecule has 5 nitrogen and oxygen atoms in total. The number of aliphatic imine (C=N–C) groups is 1. The lowest BCUT2D eigenvalue weighted by atomic mass is 9.97. The van der Waals surface area contributed by atoms with E-state index in [1.807, 2.05) is 24.3 Å². The van der Waals surface area contributed by atoms with Gasteiger partial charge >= 0.3 is 0 Å². The summed E-state index contributed by atoms with van der Waals surface area (Å²) < 4.78 is 0. The van der Waals surface area contributed by atoms with E-state index < -0.39 is 0 Å². The quantitative estimate of drug-likeness (QED) is 0.454. The minimum Gasteiger partial charge on any atom is -0.370 e. The average Bonchev–Trinajstić information content (AvgIpc) is 2.71. The van der Waals surface area contributed by atoms with Gasteiger partial charge in [0, 0.05) is 18.3 Å². The van der Waals surface area contributed by atoms with Crippen molar-refractivity contribution < 1.29 is 4.79 Å². The molecule has 1 fully saturated rings. The molecule has 3 rings (SSSR count). The van der Waals surface area contributed by atoms with E-state index in [9.17, 15) is 4.79 Å². The molecule has 1 aromatic rings. The Hall–Kier alpha value is -2.04. The normalized spacial score (nSPS) is 22.3. The fraction of sp³-hybridized carbons (Fsp3) is 0.556. The number of carbonyl (C=O) groups is 1. The molecule has 4 N–H and O–H groups in total. The van der Waals surface area contributed by atoms with E-state index in [1.54, 1.807) is 0 Å². The first-order valence-corrected chi connectivity index (χ1v) is 8.70. The number of hydrogen-bond donors (Lipinski definition) is 3. The Morgan fingerprint density at radius 1 is 1.22 bits per heavy atom. The van der Waals surface area contributed by atoms with Crippen molar-refractivity contribution in [2.24, 2.45) is 10.7 Å². The Kier molecular flexibility index (Phi) is 5.16. The van der Waals surface area contributed by atoms with Gasteiger partial charge in [-0.25, -0.2) is 0 Å². The smallest absolute Gasteiger partial charge is 0.232 e. The molecule has 1 aromatic carbocycles. The standard InChI is InChI=1S/C18H26N4O/c19-18(21-13-7-3-1-2-4-8-13)20-12-11-15-14-9-5-6-10-16(14)22-17(15)23/h5-6,9-10,13,15H,1-4,7-8,11-12H2,(H,22,23)(H3,19,20,21). The summed E-state index contributed by atoms with van der Waals surface area (Å²) in [5.41, 5.74) is 8.01. The molecule has 1 unspecified atom stereocenters. The molecule has 1 atom stereocenters. The highest BCUT2D eigenvalue weighted by molar-refractivity contribution is 6.02. The predicted octanol–water partition coefficient (Wildman–Crippen LogP) is 2.74. The SMILES string of the molecule is NC(=NCCC1C(=O)Nc2ccccc21)NC1CCCCCC1. The number of fused-ring (bicyclic) bond motifs is 1. The summed E-state index contributed by atoms with van der Waals surface area (Å²) in [6.07, 6.45) is 8.23. The minimum absolute atomic E-state index is 0.0664. The molecular weight excluding hydrogens is 288 g/mol. The predicted molar refractivity (Wildman–Crippen MR) is 93.5 cm³/mol. The Morgan fingerprint density at radius 2 is 1.96 bits per heavy atom. The van der Waals surface area contributed by atoms with Crippen LogP contribution in [0.5, 0.6) is 0 Å². The van der Waals surface area contributed by atoms with Crippen molar-refractivity contribution in [3.63, 3.8) is 0 Å². The lowest BCUT2D eigenvalue weighted by molar-refractivity contribution is -0.117. The van der Waals surface area contributed by atoms with Gasteiger partial charge < -0.3 is 16.4 Å². The molecule has 0 bridgehead atoms. The van der Waals surface area contributed by atoms with Crippen molar-refractivity contribution in [2.45, 2.75) is 56.9 Å². The van der Waals surface area contributed by atoms with Crippen LogP contribution >= 0.6 is 0 Å². The van der Waals surface area contributed by atoms with Crippen LogP contribution in [0.15, 0.2) is 29.3 Å². The fourth-order valence-electron chi connectivity index (χ4n) is 3.55. The lowest BCUT2D eigenvalue weighted by Gasteiger charge is -2.16. The second kappa shape index (κ2) is 7.49. The molecule has 0 radical (unpaired) electrons. The van der Waals surface area contributed by atoms with Gasteiger partial charge in [-0.05, 0) is 30.9 Å². The number of nitrogens with two attached hydrogens (primary N) is 1. The van der Waals surface area contributed by atoms with Crippen LogP contribution in [0.3, 0.4) is 0 Å². The Morgan fingerprint density at radius 3 is 2.74 bits per heavy atom. The van der Waals surface area contributed by atoms with E-state index >= 15 is 0 Å². The zero-order chi connectivity index (χ0) is 16.1. The molecule has 1 aliphatic carbocycles. The molecule has 0 saturated heterocycles. The van der Waals surface area contributed by atoms with E-state index in [2.05, 4.69) is 15.6 Å². The zero-order valence-electron chi connectivity index (χ0n) is 13.6. The van der Waals surface area contributed by atoms with E-state index in [4.69, 9.17) is 5.73 Å². The number of rotatable bonds is 4. The van der Waals surface area contributed by atoms with Gasteiger partial charge in [0.2, 0.25) is 5.91 Å². The summed E-state index contributed by atoms with van der Waals surface area (Å²) in [7, 11) is 0. The molecule has 1 heterocycles. The highest BCUT2D eigenvalue weighted by Crippen LogP contribution is 2.34. The summed E-state index contributed by atoms with van der Waals surface area (Å²) in [6, 6.07) is 8.32. The van der Waals surface area contributed by atoms with Crippen LogP contribution in [0.1, 0.15) is 56.4 Å². The molecule has 1 saturated carbocycles. The van der Waals surface area contributed by atoms with Crippen LogP contribution in [0.25, 0.3) is 0 Å². The first kappa shape index (κ1) is 15.8. The maximum atomic E-state index is 12.1. The minimum atomic E-state index is -0.111. The van der Waals surface area contributed by atoms with Gasteiger partial charge in [0.15, 0.2) is 5.96 Å². The second-order valence-electron chi connectivity index (χ2n) is 6.52. The molecular formula is C18H26N4O. The molecule has 1 aliphatic heterocycles. The van der Waals surface area contributed by atoms with Gasteiger partial charge in [0.1, 0.15) is 0 Å². The van der Waals surface area contributed by atoms with E-state index in [1.165, 1.54) is 38.5 Å². The molecule has 23 heavy (non-hydrogen) atoms. The third-order valence-corrected chi connectivity index (χ3v) is 4.82. The van der Waals surface area contributed by atoms with Crippen LogP contribution in [0.4, 0.5) is 5.69 Å². The van der Waals surface area contributed by atoms with Crippen molar-refractivity contribution in [3.8, 4) is 0 Å². The topological polar surface area (TPSA) is 79.5 Å². The Balaban J connectivity index is 1.51. The van der Waals surface area contributed by atoms with Crippen molar-refractivity contribution in [1.29, 1.82) is 0 Å². The number of guanidine groups is 1. The first-order chi connectivity index (χ1) is 11.2. The monoisotopic (exact) mass is 314 g/mol. The number of nitrogens with zero attached hydrogens (tertiary/aromatic N) is 1. The molecule has 1 amide bonds. The molecule has 0 aromatic heterocycles. The van der Waals surface area contributed by atoms with Gasteiger partial charge in [0.05, 0.1) is 5.92 Å².